The number of nitrogens with zero attached hydrogens (tertiary/aromatic N) is 1. The second-order valence-corrected chi connectivity index (χ2v) is 5.71. The van der Waals surface area contributed by atoms with Gasteiger partial charge < -0.3 is 20.3 Å². The summed E-state index contributed by atoms with van der Waals surface area (Å²) in [6.07, 6.45) is 0.202. The molecule has 3 amide bonds. The van der Waals surface area contributed by atoms with Gasteiger partial charge in [-0.2, -0.15) is 0 Å². The molecule has 1 aliphatic heterocycles. The van der Waals surface area contributed by atoms with E-state index in [-0.39, 0.29) is 30.2 Å². The number of carbonyl (C=O) groups is 2. The fraction of sp³-hybridized carbons (Fsp3) is 0.222. The number of benzene rings is 2. The van der Waals surface area contributed by atoms with Crippen LogP contribution >= 0.6 is 0 Å². The van der Waals surface area contributed by atoms with E-state index in [1.807, 2.05) is 0 Å². The molecule has 3 rings (SSSR count). The number of carbonyl (C=O) groups excluding carboxylic acids is 2. The van der Waals surface area contributed by atoms with Crippen LogP contribution in [-0.2, 0) is 4.79 Å². The molecular formula is C18H18FN3O3. The molecule has 0 saturated carbocycles. The SMILES string of the molecule is COc1ccc(NC(=O)N[C@@H]2CC(=O)N(c3ccc(F)cc3)C2)cc1. The molecule has 1 aliphatic rings. The molecule has 0 aliphatic carbocycles. The van der Waals surface area contributed by atoms with E-state index in [4.69, 9.17) is 4.74 Å². The summed E-state index contributed by atoms with van der Waals surface area (Å²) in [5, 5.41) is 5.49. The number of ether oxygens (including phenoxy) is 1. The third kappa shape index (κ3) is 4.06. The number of nitrogens with one attached hydrogen (secondary N) is 2. The van der Waals surface area contributed by atoms with Crippen molar-refractivity contribution in [1.82, 2.24) is 5.32 Å². The van der Waals surface area contributed by atoms with Crippen LogP contribution in [-0.4, -0.2) is 31.6 Å². The standard InChI is InChI=1S/C18H18FN3O3/c1-25-16-8-4-13(5-9-16)20-18(24)21-14-10-17(23)22(11-14)15-6-2-12(19)3-7-15/h2-9,14H,10-11H2,1H3,(H2,20,21,24)/t14-/m1/s1. The van der Waals surface area contributed by atoms with Gasteiger partial charge in [-0.15, -0.1) is 0 Å². The molecular weight excluding hydrogens is 325 g/mol. The lowest BCUT2D eigenvalue weighted by molar-refractivity contribution is -0.117. The number of halogens is 1. The molecule has 6 nitrogen and oxygen atoms in total. The van der Waals surface area contributed by atoms with Gasteiger partial charge in [-0.3, -0.25) is 4.79 Å². The molecule has 25 heavy (non-hydrogen) atoms. The van der Waals surface area contributed by atoms with Gasteiger partial charge in [-0.1, -0.05) is 0 Å². The molecule has 1 fully saturated rings. The lowest BCUT2D eigenvalue weighted by atomic mass is 10.2. The van der Waals surface area contributed by atoms with Crippen LogP contribution in [0, 0.1) is 5.82 Å². The van der Waals surface area contributed by atoms with Gasteiger partial charge in [0.05, 0.1) is 13.2 Å². The molecule has 2 N–H and O–H groups in total. The maximum atomic E-state index is 13.0. The maximum Gasteiger partial charge on any atom is 0.319 e. The number of methoxy groups -OCH3 is 1. The quantitative estimate of drug-likeness (QED) is 0.897. The third-order valence-electron chi connectivity index (χ3n) is 3.95. The highest BCUT2D eigenvalue weighted by Crippen LogP contribution is 2.22. The van der Waals surface area contributed by atoms with Gasteiger partial charge in [0.2, 0.25) is 5.91 Å². The Bertz CT molecular complexity index is 762. The largest absolute Gasteiger partial charge is 0.497 e. The summed E-state index contributed by atoms with van der Waals surface area (Å²) in [6.45, 7) is 0.348. The Hall–Kier alpha value is -3.09. The van der Waals surface area contributed by atoms with Gasteiger partial charge >= 0.3 is 6.03 Å². The Morgan fingerprint density at radius 3 is 2.48 bits per heavy atom. The van der Waals surface area contributed by atoms with Crippen molar-refractivity contribution in [3.05, 3.63) is 54.3 Å². The molecule has 0 bridgehead atoms. The third-order valence-corrected chi connectivity index (χ3v) is 3.95. The highest BCUT2D eigenvalue weighted by molar-refractivity contribution is 5.97. The summed E-state index contributed by atoms with van der Waals surface area (Å²) in [6, 6.07) is 11.9. The van der Waals surface area contributed by atoms with Crippen molar-refractivity contribution in [2.45, 2.75) is 12.5 Å². The molecule has 130 valence electrons. The van der Waals surface area contributed by atoms with E-state index in [1.165, 1.54) is 17.0 Å². The number of hydrogen-bond donors (Lipinski definition) is 2. The van der Waals surface area contributed by atoms with Crippen molar-refractivity contribution < 1.29 is 18.7 Å². The fourth-order valence-electron chi connectivity index (χ4n) is 2.70. The lowest BCUT2D eigenvalue weighted by Gasteiger charge is -2.17. The Morgan fingerprint density at radius 1 is 1.16 bits per heavy atom. The molecule has 1 atom stereocenters. The average molecular weight is 343 g/mol. The highest BCUT2D eigenvalue weighted by atomic mass is 19.1. The normalized spacial score (nSPS) is 16.6. The van der Waals surface area contributed by atoms with Crippen LogP contribution in [0.5, 0.6) is 5.75 Å². The van der Waals surface area contributed by atoms with E-state index in [1.54, 1.807) is 43.5 Å². The number of hydrogen-bond acceptors (Lipinski definition) is 3. The zero-order valence-electron chi connectivity index (χ0n) is 13.7. The second-order valence-electron chi connectivity index (χ2n) is 5.71. The molecule has 0 aromatic heterocycles. The lowest BCUT2D eigenvalue weighted by Crippen LogP contribution is -2.39. The summed E-state index contributed by atoms with van der Waals surface area (Å²) in [4.78, 5) is 25.8. The Kier molecular flexibility index (Phi) is 4.83. The number of amides is 3. The van der Waals surface area contributed by atoms with Crippen molar-refractivity contribution in [3.8, 4) is 5.75 Å². The predicted octanol–water partition coefficient (Wildman–Crippen LogP) is 2.76. The van der Waals surface area contributed by atoms with Crippen molar-refractivity contribution in [3.63, 3.8) is 0 Å². The minimum atomic E-state index is -0.385. The minimum Gasteiger partial charge on any atom is -0.497 e. The van der Waals surface area contributed by atoms with Crippen LogP contribution in [0.15, 0.2) is 48.5 Å². The van der Waals surface area contributed by atoms with E-state index in [0.717, 1.165) is 0 Å². The van der Waals surface area contributed by atoms with Crippen LogP contribution in [0.4, 0.5) is 20.6 Å². The molecule has 2 aromatic carbocycles. The number of urea groups is 1. The molecule has 1 heterocycles. The van der Waals surface area contributed by atoms with Crippen LogP contribution in [0.25, 0.3) is 0 Å². The maximum absolute atomic E-state index is 13.0. The average Bonchev–Trinajstić information content (AvgIpc) is 2.96. The predicted molar refractivity (Wildman–Crippen MR) is 92.3 cm³/mol. The van der Waals surface area contributed by atoms with Gasteiger partial charge in [0.15, 0.2) is 0 Å². The van der Waals surface area contributed by atoms with Gasteiger partial charge in [0, 0.05) is 24.3 Å². The van der Waals surface area contributed by atoms with Gasteiger partial charge in [-0.05, 0) is 48.5 Å². The van der Waals surface area contributed by atoms with E-state index in [0.29, 0.717) is 23.7 Å². The number of rotatable bonds is 4. The zero-order chi connectivity index (χ0) is 17.8. The molecule has 1 saturated heterocycles. The van der Waals surface area contributed by atoms with Crippen molar-refractivity contribution >= 4 is 23.3 Å². The van der Waals surface area contributed by atoms with E-state index in [9.17, 15) is 14.0 Å². The first-order chi connectivity index (χ1) is 12.0. The molecule has 0 radical (unpaired) electrons. The smallest absolute Gasteiger partial charge is 0.319 e. The van der Waals surface area contributed by atoms with Crippen molar-refractivity contribution in [2.75, 3.05) is 23.9 Å². The van der Waals surface area contributed by atoms with Crippen LogP contribution in [0.2, 0.25) is 0 Å². The Labute approximate surface area is 144 Å². The summed E-state index contributed by atoms with van der Waals surface area (Å²) >= 11 is 0. The fourth-order valence-corrected chi connectivity index (χ4v) is 2.70. The molecule has 0 unspecified atom stereocenters. The van der Waals surface area contributed by atoms with Gasteiger partial charge in [0.1, 0.15) is 11.6 Å². The van der Waals surface area contributed by atoms with Crippen LogP contribution < -0.4 is 20.3 Å². The molecule has 2 aromatic rings. The minimum absolute atomic E-state index is 0.110. The first kappa shape index (κ1) is 16.8. The Balaban J connectivity index is 1.57. The summed E-state index contributed by atoms with van der Waals surface area (Å²) in [7, 11) is 1.57. The van der Waals surface area contributed by atoms with Crippen molar-refractivity contribution in [1.29, 1.82) is 0 Å². The van der Waals surface area contributed by atoms with Gasteiger partial charge in [0.25, 0.3) is 0 Å². The molecule has 7 heteroatoms. The van der Waals surface area contributed by atoms with E-state index in [2.05, 4.69) is 10.6 Å². The summed E-state index contributed by atoms with van der Waals surface area (Å²) in [5.41, 5.74) is 1.24. The highest BCUT2D eigenvalue weighted by Gasteiger charge is 2.31. The summed E-state index contributed by atoms with van der Waals surface area (Å²) < 4.78 is 18.1. The van der Waals surface area contributed by atoms with Crippen LogP contribution in [0.1, 0.15) is 6.42 Å². The zero-order valence-corrected chi connectivity index (χ0v) is 13.7. The Morgan fingerprint density at radius 2 is 1.84 bits per heavy atom. The molecule has 0 spiro atoms. The monoisotopic (exact) mass is 343 g/mol. The first-order valence-corrected chi connectivity index (χ1v) is 7.82. The number of anilines is 2. The van der Waals surface area contributed by atoms with Crippen molar-refractivity contribution in [2.24, 2.45) is 0 Å². The first-order valence-electron chi connectivity index (χ1n) is 7.82. The topological polar surface area (TPSA) is 70.7 Å². The van der Waals surface area contributed by atoms with E-state index >= 15 is 0 Å². The van der Waals surface area contributed by atoms with Crippen LogP contribution in [0.3, 0.4) is 0 Å². The van der Waals surface area contributed by atoms with E-state index < -0.39 is 0 Å². The second kappa shape index (κ2) is 7.21. The summed E-state index contributed by atoms with van der Waals surface area (Å²) in [5.74, 6) is 0.229. The van der Waals surface area contributed by atoms with Gasteiger partial charge in [-0.25, -0.2) is 9.18 Å².